The van der Waals surface area contributed by atoms with Crippen molar-refractivity contribution in [2.24, 2.45) is 15.2 Å². The quantitative estimate of drug-likeness (QED) is 0.284. The molecule has 3 aromatic carbocycles. The second-order valence-electron chi connectivity index (χ2n) is 6.53. The minimum absolute atomic E-state index is 0.0279. The first-order valence-corrected chi connectivity index (χ1v) is 10.8. The summed E-state index contributed by atoms with van der Waals surface area (Å²) >= 11 is 1.43. The Morgan fingerprint density at radius 1 is 0.774 bits per heavy atom. The zero-order valence-electron chi connectivity index (χ0n) is 17.0. The Morgan fingerprint density at radius 2 is 1.32 bits per heavy atom. The van der Waals surface area contributed by atoms with Crippen LogP contribution in [0.15, 0.2) is 88.0 Å². The van der Waals surface area contributed by atoms with Gasteiger partial charge in [-0.1, -0.05) is 55.1 Å². The minimum atomic E-state index is 0.0279. The maximum Gasteiger partial charge on any atom is 0.209 e. The van der Waals surface area contributed by atoms with Crippen molar-refractivity contribution in [2.75, 3.05) is 5.75 Å². The molecule has 0 spiro atoms. The molecule has 6 nitrogen and oxygen atoms in total. The van der Waals surface area contributed by atoms with Gasteiger partial charge in [-0.15, -0.1) is 10.2 Å². The van der Waals surface area contributed by atoms with Gasteiger partial charge < -0.3 is 15.3 Å². The molecule has 31 heavy (non-hydrogen) atoms. The Morgan fingerprint density at radius 3 is 1.87 bits per heavy atom. The number of rotatable bonds is 6. The summed E-state index contributed by atoms with van der Waals surface area (Å²) in [6, 6.07) is 20.4. The largest absolute Gasteiger partial charge is 0.507 e. The molecule has 0 radical (unpaired) electrons. The monoisotopic (exact) mass is 433 g/mol. The van der Waals surface area contributed by atoms with Crippen LogP contribution >= 0.6 is 11.8 Å². The number of para-hydroxylation sites is 3. The molecule has 3 rings (SSSR count). The zero-order chi connectivity index (χ0) is 22.1. The van der Waals surface area contributed by atoms with Gasteiger partial charge in [-0.2, -0.15) is 0 Å². The van der Waals surface area contributed by atoms with Gasteiger partial charge in [-0.25, -0.2) is 4.99 Å². The van der Waals surface area contributed by atoms with Gasteiger partial charge >= 0.3 is 0 Å². The molecule has 158 valence electrons. The number of phenols is 3. The molecule has 0 atom stereocenters. The van der Waals surface area contributed by atoms with Crippen molar-refractivity contribution in [1.29, 1.82) is 0 Å². The average Bonchev–Trinajstić information content (AvgIpc) is 2.78. The lowest BCUT2D eigenvalue weighted by Crippen LogP contribution is -2.04. The van der Waals surface area contributed by atoms with E-state index in [-0.39, 0.29) is 17.2 Å². The highest BCUT2D eigenvalue weighted by Gasteiger charge is 2.15. The van der Waals surface area contributed by atoms with Crippen LogP contribution in [0.1, 0.15) is 30.0 Å². The molecule has 0 aliphatic rings. The van der Waals surface area contributed by atoms with Gasteiger partial charge in [0, 0.05) is 28.7 Å². The number of hydrogen-bond acceptors (Lipinski definition) is 6. The molecular weight excluding hydrogens is 410 g/mol. The van der Waals surface area contributed by atoms with Crippen LogP contribution in [0.5, 0.6) is 17.2 Å². The zero-order valence-corrected chi connectivity index (χ0v) is 17.8. The van der Waals surface area contributed by atoms with Gasteiger partial charge in [0.1, 0.15) is 23.0 Å². The highest BCUT2D eigenvalue weighted by Crippen LogP contribution is 2.26. The Hall–Kier alpha value is -3.58. The highest BCUT2D eigenvalue weighted by molar-refractivity contribution is 8.13. The van der Waals surface area contributed by atoms with Crippen molar-refractivity contribution in [2.45, 2.75) is 13.3 Å². The van der Waals surface area contributed by atoms with E-state index < -0.39 is 0 Å². The van der Waals surface area contributed by atoms with E-state index in [1.807, 2.05) is 6.07 Å². The summed E-state index contributed by atoms with van der Waals surface area (Å²) in [7, 11) is 0. The molecule has 0 saturated heterocycles. The van der Waals surface area contributed by atoms with E-state index in [9.17, 15) is 15.3 Å². The number of aromatic hydroxyl groups is 3. The Balaban J connectivity index is 2.06. The van der Waals surface area contributed by atoms with Crippen molar-refractivity contribution in [3.05, 3.63) is 89.5 Å². The molecule has 0 bridgehead atoms. The third-order valence-corrected chi connectivity index (χ3v) is 5.30. The number of benzene rings is 3. The number of hydrogen-bond donors (Lipinski definition) is 3. The van der Waals surface area contributed by atoms with Crippen LogP contribution in [-0.4, -0.2) is 38.2 Å². The normalized spacial score (nSPS) is 11.6. The van der Waals surface area contributed by atoms with E-state index in [1.165, 1.54) is 18.0 Å². The van der Waals surface area contributed by atoms with Crippen molar-refractivity contribution in [3.63, 3.8) is 0 Å². The predicted molar refractivity (Wildman–Crippen MR) is 128 cm³/mol. The summed E-state index contributed by atoms with van der Waals surface area (Å²) in [6.45, 7) is 2.05. The van der Waals surface area contributed by atoms with Crippen LogP contribution in [-0.2, 0) is 0 Å². The van der Waals surface area contributed by atoms with Gasteiger partial charge in [0.15, 0.2) is 0 Å². The topological polar surface area (TPSA) is 97.8 Å². The fourth-order valence-corrected chi connectivity index (χ4v) is 3.31. The fraction of sp³-hybridized carbons (Fsp3) is 0.125. The molecule has 3 N–H and O–H groups in total. The number of phenolic OH excluding ortho intramolecular Hbond substituents is 3. The smallest absolute Gasteiger partial charge is 0.209 e. The standard InChI is InChI=1S/C24H23N3O3S/c1-2-15-31-24(25-16-17-9-3-6-12-20(17)28)27-26-23(18-10-4-7-13-21(18)29)19-11-5-8-14-22(19)30/h3-14,16,28-30H,2,15H2,1H3/b25-16+,27-24-. The van der Waals surface area contributed by atoms with E-state index in [0.29, 0.717) is 27.6 Å². The van der Waals surface area contributed by atoms with Crippen molar-refractivity contribution < 1.29 is 15.3 Å². The molecule has 0 heterocycles. The first-order valence-electron chi connectivity index (χ1n) is 9.77. The van der Waals surface area contributed by atoms with Crippen LogP contribution in [0.25, 0.3) is 0 Å². The molecule has 0 aliphatic heterocycles. The van der Waals surface area contributed by atoms with Gasteiger partial charge in [-0.05, 0) is 42.8 Å². The van der Waals surface area contributed by atoms with Crippen LogP contribution in [0.2, 0.25) is 0 Å². The number of amidine groups is 1. The van der Waals surface area contributed by atoms with E-state index >= 15 is 0 Å². The van der Waals surface area contributed by atoms with Crippen molar-refractivity contribution in [3.8, 4) is 17.2 Å². The lowest BCUT2D eigenvalue weighted by molar-refractivity contribution is 0.472. The number of thioether (sulfide) groups is 1. The second-order valence-corrected chi connectivity index (χ2v) is 7.59. The third kappa shape index (κ3) is 5.96. The first kappa shape index (κ1) is 22.1. The molecule has 7 heteroatoms. The molecular formula is C24H23N3O3S. The van der Waals surface area contributed by atoms with Crippen LogP contribution in [0.3, 0.4) is 0 Å². The van der Waals surface area contributed by atoms with E-state index in [0.717, 1.165) is 12.2 Å². The molecule has 0 fully saturated rings. The molecule has 0 unspecified atom stereocenters. The van der Waals surface area contributed by atoms with Crippen LogP contribution in [0, 0.1) is 0 Å². The molecule has 0 aliphatic carbocycles. The maximum absolute atomic E-state index is 10.3. The van der Waals surface area contributed by atoms with Gasteiger partial charge in [0.25, 0.3) is 0 Å². The summed E-state index contributed by atoms with van der Waals surface area (Å²) in [4.78, 5) is 4.39. The SMILES string of the molecule is CCCSC(=N\N=C(c1ccccc1O)c1ccccc1O)/N=C/c1ccccc1O. The van der Waals surface area contributed by atoms with Crippen LogP contribution in [0.4, 0.5) is 0 Å². The maximum atomic E-state index is 10.3. The van der Waals surface area contributed by atoms with Crippen molar-refractivity contribution in [1.82, 2.24) is 0 Å². The first-order chi connectivity index (χ1) is 15.1. The number of aliphatic imine (C=N–C) groups is 1. The van der Waals surface area contributed by atoms with Gasteiger partial charge in [-0.3, -0.25) is 0 Å². The predicted octanol–water partition coefficient (Wildman–Crippen LogP) is 5.17. The number of nitrogens with zero attached hydrogens (tertiary/aromatic N) is 3. The third-order valence-electron chi connectivity index (χ3n) is 4.24. The molecule has 0 aromatic heterocycles. The lowest BCUT2D eigenvalue weighted by Gasteiger charge is -2.09. The summed E-state index contributed by atoms with van der Waals surface area (Å²) in [5, 5.41) is 39.7. The Labute approximate surface area is 185 Å². The van der Waals surface area contributed by atoms with Gasteiger partial charge in [0.05, 0.1) is 0 Å². The van der Waals surface area contributed by atoms with Gasteiger partial charge in [0.2, 0.25) is 5.17 Å². The minimum Gasteiger partial charge on any atom is -0.507 e. The van der Waals surface area contributed by atoms with E-state index in [2.05, 4.69) is 22.1 Å². The summed E-state index contributed by atoms with van der Waals surface area (Å²) in [6.07, 6.45) is 2.46. The lowest BCUT2D eigenvalue weighted by atomic mass is 10.0. The summed E-state index contributed by atoms with van der Waals surface area (Å²) in [5.41, 5.74) is 1.77. The summed E-state index contributed by atoms with van der Waals surface area (Å²) < 4.78 is 0. The Kier molecular flexibility index (Phi) is 7.84. The van der Waals surface area contributed by atoms with Crippen LogP contribution < -0.4 is 0 Å². The van der Waals surface area contributed by atoms with Crippen molar-refractivity contribution >= 4 is 28.9 Å². The van der Waals surface area contributed by atoms with E-state index in [4.69, 9.17) is 0 Å². The highest BCUT2D eigenvalue weighted by atomic mass is 32.2. The summed E-state index contributed by atoms with van der Waals surface area (Å²) in [5.74, 6) is 0.966. The Bertz CT molecular complexity index is 1080. The van der Waals surface area contributed by atoms with E-state index in [1.54, 1.807) is 66.7 Å². The second kappa shape index (κ2) is 11.0. The average molecular weight is 434 g/mol. The molecule has 0 saturated carbocycles. The molecule has 3 aromatic rings. The fourth-order valence-electron chi connectivity index (χ4n) is 2.70. The molecule has 0 amide bonds.